The highest BCUT2D eigenvalue weighted by molar-refractivity contribution is 5.97. The molecule has 17 nitrogen and oxygen atoms in total. The Labute approximate surface area is 277 Å². The number of pyridine rings is 1. The summed E-state index contributed by atoms with van der Waals surface area (Å²) < 4.78 is 26.5. The van der Waals surface area contributed by atoms with Crippen LogP contribution in [-0.4, -0.2) is 109 Å². The monoisotopic (exact) mass is 673 g/mol. The number of hydrogen-bond donors (Lipinski definition) is 3. The predicted octanol–water partition coefficient (Wildman–Crippen LogP) is 2.72. The number of ether oxygens (including phenoxy) is 4. The number of amides is 1. The van der Waals surface area contributed by atoms with Crippen LogP contribution in [0.25, 0.3) is 11.0 Å². The second kappa shape index (κ2) is 17.0. The first-order chi connectivity index (χ1) is 23.2. The molecule has 1 amide bonds. The maximum absolute atomic E-state index is 13.3. The average molecular weight is 674 g/mol. The first-order valence-corrected chi connectivity index (χ1v) is 15.8. The molecule has 2 aliphatic rings. The molecule has 3 N–H and O–H groups in total. The van der Waals surface area contributed by atoms with Gasteiger partial charge in [-0.15, -0.1) is 0 Å². The number of rotatable bonds is 17. The zero-order chi connectivity index (χ0) is 34.7. The lowest BCUT2D eigenvalue weighted by atomic mass is 9.92. The Morgan fingerprint density at radius 1 is 1.12 bits per heavy atom. The van der Waals surface area contributed by atoms with E-state index in [0.29, 0.717) is 43.7 Å². The highest BCUT2D eigenvalue weighted by Gasteiger charge is 2.40. The summed E-state index contributed by atoms with van der Waals surface area (Å²) in [6.45, 7) is 6.07. The van der Waals surface area contributed by atoms with Crippen LogP contribution in [0.1, 0.15) is 50.0 Å². The Morgan fingerprint density at radius 3 is 2.48 bits per heavy atom. The number of anilines is 2. The largest absolute Gasteiger partial charge is 0.480 e. The second-order valence-electron chi connectivity index (χ2n) is 11.4. The van der Waals surface area contributed by atoms with Crippen molar-refractivity contribution in [3.63, 3.8) is 0 Å². The van der Waals surface area contributed by atoms with Gasteiger partial charge in [0.25, 0.3) is 5.91 Å². The number of nitro benzene ring substituents is 1. The third kappa shape index (κ3) is 8.84. The lowest BCUT2D eigenvalue weighted by molar-refractivity contribution is -0.383. The van der Waals surface area contributed by atoms with Gasteiger partial charge in [0.05, 0.1) is 37.0 Å². The van der Waals surface area contributed by atoms with Crippen LogP contribution in [-0.2, 0) is 19.0 Å². The Hall–Kier alpha value is -4.61. The van der Waals surface area contributed by atoms with Gasteiger partial charge >= 0.3 is 11.7 Å². The summed E-state index contributed by atoms with van der Waals surface area (Å²) in [6.07, 6.45) is 3.04. The molecule has 0 bridgehead atoms. The number of nitro groups is 1. The maximum Gasteiger partial charge on any atom is 0.331 e. The maximum atomic E-state index is 13.3. The van der Waals surface area contributed by atoms with Crippen LogP contribution in [0.2, 0.25) is 0 Å². The van der Waals surface area contributed by atoms with Gasteiger partial charge in [-0.3, -0.25) is 14.9 Å². The summed E-state index contributed by atoms with van der Waals surface area (Å²) in [7, 11) is 3.14. The number of methoxy groups -OCH3 is 2. The molecule has 1 unspecified atom stereocenters. The molecule has 1 aromatic carbocycles. The predicted molar refractivity (Wildman–Crippen MR) is 173 cm³/mol. The summed E-state index contributed by atoms with van der Waals surface area (Å²) in [6, 6.07) is 6.17. The molecule has 1 atom stereocenters. The summed E-state index contributed by atoms with van der Waals surface area (Å²) in [5, 5.41) is 32.7. The third-order valence-electron chi connectivity index (χ3n) is 8.19. The summed E-state index contributed by atoms with van der Waals surface area (Å²) >= 11 is 0. The first kappa shape index (κ1) is 36.2. The molecule has 48 heavy (non-hydrogen) atoms. The van der Waals surface area contributed by atoms with Gasteiger partial charge in [0.15, 0.2) is 5.52 Å². The normalized spacial score (nSPS) is 15.5. The molecule has 262 valence electrons. The number of fused-ring (bicyclic) bond motifs is 1. The van der Waals surface area contributed by atoms with Crippen LogP contribution in [0.3, 0.4) is 0 Å². The summed E-state index contributed by atoms with van der Waals surface area (Å²) in [5.74, 6) is -0.143. The molecule has 2 fully saturated rings. The van der Waals surface area contributed by atoms with E-state index in [1.165, 1.54) is 32.1 Å². The van der Waals surface area contributed by atoms with E-state index < -0.39 is 22.3 Å². The Kier molecular flexibility index (Phi) is 12.8. The van der Waals surface area contributed by atoms with Gasteiger partial charge in [-0.2, -0.15) is 0 Å². The van der Waals surface area contributed by atoms with Crippen molar-refractivity contribution >= 4 is 40.0 Å². The number of hydrogen-bond acceptors (Lipinski definition) is 15. The van der Waals surface area contributed by atoms with Gasteiger partial charge in [0.1, 0.15) is 16.9 Å². The van der Waals surface area contributed by atoms with E-state index in [2.05, 4.69) is 30.6 Å². The van der Waals surface area contributed by atoms with E-state index in [9.17, 15) is 19.7 Å². The van der Waals surface area contributed by atoms with Crippen molar-refractivity contribution in [2.45, 2.75) is 51.2 Å². The van der Waals surface area contributed by atoms with Gasteiger partial charge in [-0.25, -0.2) is 14.4 Å². The zero-order valence-corrected chi connectivity index (χ0v) is 27.6. The van der Waals surface area contributed by atoms with Crippen molar-refractivity contribution in [1.82, 2.24) is 20.6 Å². The Morgan fingerprint density at radius 2 is 1.88 bits per heavy atom. The molecular formula is C31H43N7O10. The highest BCUT2D eigenvalue weighted by atomic mass is 16.6. The quantitative estimate of drug-likeness (QED) is 0.0813. The van der Waals surface area contributed by atoms with E-state index in [-0.39, 0.29) is 61.2 Å². The van der Waals surface area contributed by atoms with E-state index in [1.807, 2.05) is 4.90 Å². The van der Waals surface area contributed by atoms with Crippen molar-refractivity contribution in [2.24, 2.45) is 5.92 Å². The minimum atomic E-state index is -1.35. The Balaban J connectivity index is 0.000000950. The standard InChI is InChI=1S/C27H35N7O9.C4H8O/c1-5-27(26(36)42-6-2,30-24(35)19-8-10-21(25(29-19)40-4)33-15-17(16-33)39-3)11-13-41-14-12-28-18-7-9-20(34(37)38)23-22(18)31-43-32-23;5-3-4-1-2-4/h7-10,17,28H,5-6,11-16H2,1-4H3,(H,30,35);4-5H,1-3H2. The van der Waals surface area contributed by atoms with Crippen LogP contribution >= 0.6 is 0 Å². The van der Waals surface area contributed by atoms with E-state index in [0.717, 1.165) is 5.69 Å². The number of benzene rings is 1. The fourth-order valence-electron chi connectivity index (χ4n) is 4.96. The molecule has 0 spiro atoms. The van der Waals surface area contributed by atoms with E-state index in [1.54, 1.807) is 33.1 Å². The summed E-state index contributed by atoms with van der Waals surface area (Å²) in [5.41, 5.74) is 0.0324. The molecule has 5 rings (SSSR count). The second-order valence-corrected chi connectivity index (χ2v) is 11.4. The van der Waals surface area contributed by atoms with E-state index in [4.69, 9.17) is 24.1 Å². The van der Waals surface area contributed by atoms with Crippen LogP contribution in [0.4, 0.5) is 17.1 Å². The van der Waals surface area contributed by atoms with Crippen LogP contribution < -0.4 is 20.3 Å². The fraction of sp³-hybridized carbons (Fsp3) is 0.581. The van der Waals surface area contributed by atoms with Crippen LogP contribution in [0, 0.1) is 16.0 Å². The molecule has 1 saturated heterocycles. The van der Waals surface area contributed by atoms with Crippen LogP contribution in [0.15, 0.2) is 28.9 Å². The third-order valence-corrected chi connectivity index (χ3v) is 8.19. The van der Waals surface area contributed by atoms with Crippen LogP contribution in [0.5, 0.6) is 5.88 Å². The first-order valence-electron chi connectivity index (χ1n) is 15.8. The van der Waals surface area contributed by atoms with Gasteiger partial charge < -0.3 is 39.6 Å². The number of esters is 1. The van der Waals surface area contributed by atoms with Gasteiger partial charge in [-0.1, -0.05) is 6.92 Å². The number of aromatic nitrogens is 3. The number of nitrogens with zero attached hydrogens (tertiary/aromatic N) is 5. The molecule has 1 saturated carbocycles. The van der Waals surface area contributed by atoms with Crippen molar-refractivity contribution in [3.05, 3.63) is 40.1 Å². The number of aliphatic hydroxyl groups excluding tert-OH is 1. The lowest BCUT2D eigenvalue weighted by Gasteiger charge is -2.40. The van der Waals surface area contributed by atoms with Gasteiger partial charge in [0, 0.05) is 52.4 Å². The molecule has 1 aliphatic heterocycles. The Bertz CT molecular complexity index is 1540. The number of carbonyl (C=O) groups is 2. The average Bonchev–Trinajstić information content (AvgIpc) is 3.79. The molecule has 1 aliphatic carbocycles. The van der Waals surface area contributed by atoms with E-state index >= 15 is 0 Å². The molecule has 3 heterocycles. The number of nitrogens with one attached hydrogen (secondary N) is 2. The molecule has 0 radical (unpaired) electrons. The topological polar surface area (TPSA) is 214 Å². The minimum absolute atomic E-state index is 0.0378. The number of non-ortho nitro benzene ring substituents is 1. The lowest BCUT2D eigenvalue weighted by Crippen LogP contribution is -2.55. The molecule has 17 heteroatoms. The van der Waals surface area contributed by atoms with Crippen molar-refractivity contribution in [1.29, 1.82) is 0 Å². The van der Waals surface area contributed by atoms with Crippen molar-refractivity contribution in [2.75, 3.05) is 70.5 Å². The zero-order valence-electron chi connectivity index (χ0n) is 27.6. The molecular weight excluding hydrogens is 630 g/mol. The minimum Gasteiger partial charge on any atom is -0.480 e. The van der Waals surface area contributed by atoms with Crippen molar-refractivity contribution in [3.8, 4) is 5.88 Å². The number of carbonyl (C=O) groups excluding carboxylic acids is 2. The number of aliphatic hydroxyl groups is 1. The van der Waals surface area contributed by atoms with Crippen molar-refractivity contribution < 1.29 is 43.2 Å². The highest BCUT2D eigenvalue weighted by Crippen LogP contribution is 2.31. The van der Waals surface area contributed by atoms with Gasteiger partial charge in [-0.05, 0) is 60.6 Å². The van der Waals surface area contributed by atoms with Gasteiger partial charge in [0.2, 0.25) is 11.4 Å². The summed E-state index contributed by atoms with van der Waals surface area (Å²) in [4.78, 5) is 43.4. The SMILES string of the molecule is CCOC(=O)C(CC)(CCOCCNc1ccc([N+](=O)[O-])c2nonc12)NC(=O)c1ccc(N2CC(OC)C2)c(OC)n1.OCC1CC1. The molecule has 3 aromatic rings. The molecule has 2 aromatic heterocycles. The smallest absolute Gasteiger partial charge is 0.331 e. The fourth-order valence-corrected chi connectivity index (χ4v) is 4.96.